The van der Waals surface area contributed by atoms with Gasteiger partial charge in [0.05, 0.1) is 6.07 Å². The van der Waals surface area contributed by atoms with Gasteiger partial charge in [-0.2, -0.15) is 0 Å². The standard InChI is InChI=1S/C17H20O5/c1-11-5-4-8-17(2,3)12(11)6-7-15(20)22-16-9-13(18)14(19)10-21-16/h6-7,9-10,19H,4-5,8H2,1-3H3. The van der Waals surface area contributed by atoms with Crippen molar-refractivity contribution >= 4 is 5.97 Å². The van der Waals surface area contributed by atoms with Gasteiger partial charge in [0.15, 0.2) is 5.75 Å². The number of rotatable bonds is 3. The third-order valence-electron chi connectivity index (χ3n) is 3.92. The first kappa shape index (κ1) is 16.1. The van der Waals surface area contributed by atoms with E-state index in [1.165, 1.54) is 11.6 Å². The van der Waals surface area contributed by atoms with E-state index in [-0.39, 0.29) is 11.4 Å². The van der Waals surface area contributed by atoms with Crippen LogP contribution in [0.3, 0.4) is 0 Å². The predicted molar refractivity (Wildman–Crippen MR) is 81.7 cm³/mol. The van der Waals surface area contributed by atoms with Crippen LogP contribution in [0.5, 0.6) is 11.7 Å². The lowest BCUT2D eigenvalue weighted by atomic mass is 9.73. The topological polar surface area (TPSA) is 76.7 Å². The van der Waals surface area contributed by atoms with E-state index in [4.69, 9.17) is 14.3 Å². The maximum absolute atomic E-state index is 11.8. The number of aromatic hydroxyl groups is 1. The average Bonchev–Trinajstić information content (AvgIpc) is 2.41. The molecule has 0 atom stereocenters. The second kappa shape index (κ2) is 6.22. The summed E-state index contributed by atoms with van der Waals surface area (Å²) in [6.07, 6.45) is 7.20. The zero-order valence-electron chi connectivity index (χ0n) is 13.0. The summed E-state index contributed by atoms with van der Waals surface area (Å²) in [6, 6.07) is 0.927. The number of carbonyl (C=O) groups is 1. The summed E-state index contributed by atoms with van der Waals surface area (Å²) in [5.74, 6) is -1.40. The molecule has 0 fully saturated rings. The molecule has 1 N–H and O–H groups in total. The smallest absolute Gasteiger partial charge is 0.338 e. The lowest BCUT2D eigenvalue weighted by molar-refractivity contribution is -0.130. The van der Waals surface area contributed by atoms with Crippen molar-refractivity contribution in [1.29, 1.82) is 0 Å². The van der Waals surface area contributed by atoms with Crippen LogP contribution < -0.4 is 10.2 Å². The van der Waals surface area contributed by atoms with E-state index in [1.807, 2.05) is 0 Å². The van der Waals surface area contributed by atoms with Crippen molar-refractivity contribution in [2.75, 3.05) is 0 Å². The van der Waals surface area contributed by atoms with Gasteiger partial charge in [0.25, 0.3) is 5.95 Å². The first-order chi connectivity index (χ1) is 10.3. The minimum Gasteiger partial charge on any atom is -0.502 e. The highest BCUT2D eigenvalue weighted by Gasteiger charge is 2.26. The quantitative estimate of drug-likeness (QED) is 0.684. The Balaban J connectivity index is 2.11. The Morgan fingerprint density at radius 3 is 2.82 bits per heavy atom. The first-order valence-electron chi connectivity index (χ1n) is 7.21. The zero-order chi connectivity index (χ0) is 16.3. The SMILES string of the molecule is CC1=C(C=CC(=O)Oc2cc(=O)c(O)co2)C(C)(C)CCC1. The van der Waals surface area contributed by atoms with Crippen LogP contribution in [-0.2, 0) is 4.79 Å². The van der Waals surface area contributed by atoms with Gasteiger partial charge in [-0.3, -0.25) is 4.79 Å². The maximum atomic E-state index is 11.8. The van der Waals surface area contributed by atoms with Crippen LogP contribution in [0.25, 0.3) is 0 Å². The molecule has 1 heterocycles. The van der Waals surface area contributed by atoms with Crippen molar-refractivity contribution in [2.45, 2.75) is 40.0 Å². The van der Waals surface area contributed by atoms with Crippen LogP contribution in [-0.4, -0.2) is 11.1 Å². The van der Waals surface area contributed by atoms with Gasteiger partial charge in [0.1, 0.15) is 6.26 Å². The van der Waals surface area contributed by atoms with Crippen molar-refractivity contribution in [2.24, 2.45) is 5.41 Å². The average molecular weight is 304 g/mol. The molecule has 5 heteroatoms. The minimum atomic E-state index is -0.662. The summed E-state index contributed by atoms with van der Waals surface area (Å²) < 4.78 is 9.74. The highest BCUT2D eigenvalue weighted by atomic mass is 16.6. The molecule has 1 aliphatic carbocycles. The summed E-state index contributed by atoms with van der Waals surface area (Å²) >= 11 is 0. The Morgan fingerprint density at radius 1 is 1.45 bits per heavy atom. The summed E-state index contributed by atoms with van der Waals surface area (Å²) in [7, 11) is 0. The molecule has 1 aromatic heterocycles. The molecular formula is C17H20O5. The van der Waals surface area contributed by atoms with E-state index in [2.05, 4.69) is 20.8 Å². The van der Waals surface area contributed by atoms with Gasteiger partial charge in [0.2, 0.25) is 5.43 Å². The first-order valence-corrected chi connectivity index (χ1v) is 7.21. The van der Waals surface area contributed by atoms with Gasteiger partial charge < -0.3 is 14.3 Å². The number of hydrogen-bond donors (Lipinski definition) is 1. The van der Waals surface area contributed by atoms with Gasteiger partial charge >= 0.3 is 5.97 Å². The Morgan fingerprint density at radius 2 is 2.18 bits per heavy atom. The molecule has 1 aliphatic rings. The van der Waals surface area contributed by atoms with E-state index in [0.717, 1.165) is 37.2 Å². The summed E-state index contributed by atoms with van der Waals surface area (Å²) in [5.41, 5.74) is 1.79. The molecule has 1 aromatic rings. The Bertz CT molecular complexity index is 691. The van der Waals surface area contributed by atoms with Crippen molar-refractivity contribution < 1.29 is 19.1 Å². The molecule has 22 heavy (non-hydrogen) atoms. The molecule has 0 aliphatic heterocycles. The van der Waals surface area contributed by atoms with E-state index in [0.29, 0.717) is 0 Å². The molecule has 0 radical (unpaired) electrons. The third kappa shape index (κ3) is 3.67. The molecule has 118 valence electrons. The fourth-order valence-electron chi connectivity index (χ4n) is 2.74. The fraction of sp³-hybridized carbons (Fsp3) is 0.412. The summed E-state index contributed by atoms with van der Waals surface area (Å²) in [4.78, 5) is 23.0. The van der Waals surface area contributed by atoms with Gasteiger partial charge in [0, 0.05) is 6.08 Å². The van der Waals surface area contributed by atoms with Crippen LogP contribution >= 0.6 is 0 Å². The van der Waals surface area contributed by atoms with E-state index in [1.54, 1.807) is 6.08 Å². The van der Waals surface area contributed by atoms with Gasteiger partial charge in [-0.15, -0.1) is 0 Å². The molecule has 2 rings (SSSR count). The predicted octanol–water partition coefficient (Wildman–Crippen LogP) is 3.33. The number of esters is 1. The molecule has 0 unspecified atom stereocenters. The fourth-order valence-corrected chi connectivity index (χ4v) is 2.74. The van der Waals surface area contributed by atoms with E-state index >= 15 is 0 Å². The molecule has 0 saturated heterocycles. The van der Waals surface area contributed by atoms with Crippen molar-refractivity contribution in [3.8, 4) is 11.7 Å². The summed E-state index contributed by atoms with van der Waals surface area (Å²) in [6.45, 7) is 6.38. The molecule has 0 aromatic carbocycles. The van der Waals surface area contributed by atoms with Crippen LogP contribution in [0.2, 0.25) is 0 Å². The maximum Gasteiger partial charge on any atom is 0.338 e. The van der Waals surface area contributed by atoms with Crippen LogP contribution in [0.1, 0.15) is 40.0 Å². The van der Waals surface area contributed by atoms with Crippen LogP contribution in [0, 0.1) is 5.41 Å². The number of allylic oxidation sites excluding steroid dienone is 3. The van der Waals surface area contributed by atoms with Crippen molar-refractivity contribution in [1.82, 2.24) is 0 Å². The molecule has 0 saturated carbocycles. The molecule has 0 spiro atoms. The van der Waals surface area contributed by atoms with Crippen LogP contribution in [0.4, 0.5) is 0 Å². The van der Waals surface area contributed by atoms with Gasteiger partial charge in [-0.05, 0) is 37.2 Å². The second-order valence-electron chi connectivity index (χ2n) is 6.13. The summed E-state index contributed by atoms with van der Waals surface area (Å²) in [5, 5.41) is 9.07. The largest absolute Gasteiger partial charge is 0.502 e. The van der Waals surface area contributed by atoms with Gasteiger partial charge in [-0.1, -0.05) is 25.5 Å². The van der Waals surface area contributed by atoms with Gasteiger partial charge in [-0.25, -0.2) is 4.79 Å². The third-order valence-corrected chi connectivity index (χ3v) is 3.92. The minimum absolute atomic E-state index is 0.0320. The van der Waals surface area contributed by atoms with E-state index in [9.17, 15) is 9.59 Å². The number of hydrogen-bond acceptors (Lipinski definition) is 5. The van der Waals surface area contributed by atoms with Crippen molar-refractivity contribution in [3.05, 3.63) is 45.9 Å². The Kier molecular flexibility index (Phi) is 4.54. The monoisotopic (exact) mass is 304 g/mol. The van der Waals surface area contributed by atoms with Crippen LogP contribution in [0.15, 0.2) is 44.8 Å². The van der Waals surface area contributed by atoms with E-state index < -0.39 is 17.1 Å². The molecular weight excluding hydrogens is 284 g/mol. The highest BCUT2D eigenvalue weighted by Crippen LogP contribution is 2.40. The molecule has 0 amide bonds. The Labute approximate surface area is 128 Å². The number of ether oxygens (including phenoxy) is 1. The second-order valence-corrected chi connectivity index (χ2v) is 6.13. The number of carbonyl (C=O) groups excluding carboxylic acids is 1. The zero-order valence-corrected chi connectivity index (χ0v) is 13.0. The van der Waals surface area contributed by atoms with Crippen molar-refractivity contribution in [3.63, 3.8) is 0 Å². The molecule has 0 bridgehead atoms. The molecule has 5 nitrogen and oxygen atoms in total. The highest BCUT2D eigenvalue weighted by molar-refractivity contribution is 5.84. The lowest BCUT2D eigenvalue weighted by Crippen LogP contribution is -2.19. The Hall–Kier alpha value is -2.30. The normalized spacial score (nSPS) is 17.8. The lowest BCUT2D eigenvalue weighted by Gasteiger charge is -2.32.